The van der Waals surface area contributed by atoms with E-state index in [0.717, 1.165) is 28.0 Å². The number of methoxy groups -OCH3 is 1. The summed E-state index contributed by atoms with van der Waals surface area (Å²) in [7, 11) is 1.65. The summed E-state index contributed by atoms with van der Waals surface area (Å²) in [5, 5.41) is 0. The lowest BCUT2D eigenvalue weighted by Gasteiger charge is -2.16. The van der Waals surface area contributed by atoms with Crippen LogP contribution in [-0.4, -0.2) is 19.2 Å². The molecule has 3 aromatic rings. The zero-order valence-corrected chi connectivity index (χ0v) is 17.8. The number of alkyl halides is 2. The third kappa shape index (κ3) is 3.49. The molecule has 32 heavy (non-hydrogen) atoms. The van der Waals surface area contributed by atoms with Gasteiger partial charge in [-0.3, -0.25) is 4.79 Å². The second kappa shape index (κ2) is 7.33. The van der Waals surface area contributed by atoms with Crippen molar-refractivity contribution in [1.82, 2.24) is 0 Å². The fourth-order valence-electron chi connectivity index (χ4n) is 4.46. The van der Waals surface area contributed by atoms with Crippen LogP contribution in [0.4, 0.5) is 8.78 Å². The smallest absolute Gasteiger partial charge is 0.496 e. The number of aryl methyl sites for hydroxylation is 1. The Labute approximate surface area is 184 Å². The fourth-order valence-corrected chi connectivity index (χ4v) is 4.46. The molecule has 0 spiro atoms. The number of halogens is 2. The minimum atomic E-state index is -3.66. The largest absolute Gasteiger partial charge is 0.586 e. The zero-order valence-electron chi connectivity index (χ0n) is 17.8. The van der Waals surface area contributed by atoms with E-state index in [9.17, 15) is 13.6 Å². The summed E-state index contributed by atoms with van der Waals surface area (Å²) in [5.74, 6) is 0.838. The summed E-state index contributed by atoms with van der Waals surface area (Å²) in [6.07, 6.45) is -2.00. The van der Waals surface area contributed by atoms with Gasteiger partial charge in [-0.15, -0.1) is 8.78 Å². The summed E-state index contributed by atoms with van der Waals surface area (Å²) in [6, 6.07) is 18.5. The van der Waals surface area contributed by atoms with Gasteiger partial charge in [-0.2, -0.15) is 0 Å². The molecule has 0 bridgehead atoms. The Bertz CT molecular complexity index is 1210. The highest BCUT2D eigenvalue weighted by Crippen LogP contribution is 2.52. The Kier molecular flexibility index (Phi) is 4.69. The average Bonchev–Trinajstić information content (AvgIpc) is 3.51. The molecule has 1 heterocycles. The highest BCUT2D eigenvalue weighted by atomic mass is 19.3. The van der Waals surface area contributed by atoms with Crippen LogP contribution in [0.5, 0.6) is 17.2 Å². The predicted octanol–water partition coefficient (Wildman–Crippen LogP) is 5.84. The first-order valence-electron chi connectivity index (χ1n) is 10.5. The van der Waals surface area contributed by atoms with E-state index in [2.05, 4.69) is 9.47 Å². The highest BCUT2D eigenvalue weighted by Gasteiger charge is 2.52. The quantitative estimate of drug-likeness (QED) is 0.487. The van der Waals surface area contributed by atoms with Crippen molar-refractivity contribution in [2.24, 2.45) is 0 Å². The number of ether oxygens (including phenoxy) is 3. The lowest BCUT2D eigenvalue weighted by Crippen LogP contribution is -2.26. The van der Waals surface area contributed by atoms with Crippen LogP contribution in [0, 0.1) is 6.92 Å². The van der Waals surface area contributed by atoms with Crippen molar-refractivity contribution in [3.63, 3.8) is 0 Å². The number of hydrogen-bond donors (Lipinski definition) is 0. The molecular formula is C26H22F2O4. The molecule has 4 nitrogen and oxygen atoms in total. The van der Waals surface area contributed by atoms with Gasteiger partial charge in [0.05, 0.1) is 12.5 Å². The molecule has 0 aromatic heterocycles. The van der Waals surface area contributed by atoms with Gasteiger partial charge in [-0.1, -0.05) is 42.5 Å². The number of rotatable bonds is 6. The fraction of sp³-hybridized carbons (Fsp3) is 0.269. The van der Waals surface area contributed by atoms with E-state index in [-0.39, 0.29) is 23.7 Å². The molecule has 1 aliphatic heterocycles. The molecule has 0 radical (unpaired) electrons. The Morgan fingerprint density at radius 2 is 1.72 bits per heavy atom. The molecule has 5 rings (SSSR count). The van der Waals surface area contributed by atoms with Crippen molar-refractivity contribution < 1.29 is 27.8 Å². The van der Waals surface area contributed by atoms with Crippen molar-refractivity contribution in [1.29, 1.82) is 0 Å². The van der Waals surface area contributed by atoms with Crippen molar-refractivity contribution in [3.8, 4) is 28.4 Å². The summed E-state index contributed by atoms with van der Waals surface area (Å²) in [5.41, 5.74) is 4.08. The minimum absolute atomic E-state index is 0.00967. The molecule has 0 N–H and O–H groups in total. The Morgan fingerprint density at radius 3 is 2.44 bits per heavy atom. The maximum Gasteiger partial charge on any atom is 0.586 e. The number of para-hydroxylation sites is 1. The lowest BCUT2D eigenvalue weighted by atomic mass is 9.87. The van der Waals surface area contributed by atoms with Gasteiger partial charge in [0.2, 0.25) is 0 Å². The first-order chi connectivity index (χ1) is 15.3. The zero-order chi connectivity index (χ0) is 22.5. The number of hydrogen-bond acceptors (Lipinski definition) is 4. The third-order valence-electron chi connectivity index (χ3n) is 6.29. The lowest BCUT2D eigenvalue weighted by molar-refractivity contribution is -0.286. The minimum Gasteiger partial charge on any atom is -0.496 e. The number of ketones is 1. The van der Waals surface area contributed by atoms with Gasteiger partial charge in [0, 0.05) is 12.0 Å². The summed E-state index contributed by atoms with van der Waals surface area (Å²) in [6.45, 7) is 2.01. The average molecular weight is 436 g/mol. The standard InChI is InChI=1S/C26H22F2O4/c1-16-13-17(7-9-19(16)20-5-3-4-6-21(20)30-2)14-24(29)25(11-12-25)18-8-10-22-23(15-18)32-26(27,28)31-22/h3-10,13,15H,11-12,14H2,1-2H3. The number of carbonyl (C=O) groups is 1. The van der Waals surface area contributed by atoms with Gasteiger partial charge in [0.15, 0.2) is 11.5 Å². The molecule has 3 aromatic carbocycles. The summed E-state index contributed by atoms with van der Waals surface area (Å²) < 4.78 is 41.2. The van der Waals surface area contributed by atoms with E-state index in [4.69, 9.17) is 4.74 Å². The normalized spacial score (nSPS) is 17.1. The van der Waals surface area contributed by atoms with Gasteiger partial charge < -0.3 is 14.2 Å². The summed E-state index contributed by atoms with van der Waals surface area (Å²) >= 11 is 0. The topological polar surface area (TPSA) is 44.8 Å². The molecule has 0 unspecified atom stereocenters. The van der Waals surface area contributed by atoms with Gasteiger partial charge in [0.25, 0.3) is 0 Å². The van der Waals surface area contributed by atoms with E-state index < -0.39 is 11.7 Å². The van der Waals surface area contributed by atoms with Gasteiger partial charge >= 0.3 is 6.29 Å². The third-order valence-corrected chi connectivity index (χ3v) is 6.29. The number of benzene rings is 3. The number of fused-ring (bicyclic) bond motifs is 1. The molecule has 2 aliphatic rings. The maximum absolute atomic E-state index is 13.3. The van der Waals surface area contributed by atoms with Gasteiger partial charge in [-0.25, -0.2) is 0 Å². The SMILES string of the molecule is COc1ccccc1-c1ccc(CC(=O)C2(c3ccc4c(c3)OC(F)(F)O4)CC2)cc1C. The molecule has 0 amide bonds. The van der Waals surface area contributed by atoms with Crippen LogP contribution in [0.1, 0.15) is 29.5 Å². The maximum atomic E-state index is 13.3. The second-order valence-electron chi connectivity index (χ2n) is 8.36. The molecular weight excluding hydrogens is 414 g/mol. The van der Waals surface area contributed by atoms with Crippen molar-refractivity contribution in [3.05, 3.63) is 77.4 Å². The van der Waals surface area contributed by atoms with Crippen LogP contribution in [-0.2, 0) is 16.6 Å². The second-order valence-corrected chi connectivity index (χ2v) is 8.36. The van der Waals surface area contributed by atoms with Gasteiger partial charge in [0.1, 0.15) is 11.5 Å². The van der Waals surface area contributed by atoms with Crippen LogP contribution < -0.4 is 14.2 Å². The van der Waals surface area contributed by atoms with Crippen LogP contribution in [0.2, 0.25) is 0 Å². The molecule has 1 saturated carbocycles. The van der Waals surface area contributed by atoms with Crippen LogP contribution >= 0.6 is 0 Å². The monoisotopic (exact) mass is 436 g/mol. The predicted molar refractivity (Wildman–Crippen MR) is 115 cm³/mol. The number of carbonyl (C=O) groups excluding carboxylic acids is 1. The Balaban J connectivity index is 1.37. The van der Waals surface area contributed by atoms with Crippen molar-refractivity contribution in [2.75, 3.05) is 7.11 Å². The molecule has 164 valence electrons. The first-order valence-corrected chi connectivity index (χ1v) is 10.5. The molecule has 1 aliphatic carbocycles. The van der Waals surface area contributed by atoms with E-state index in [0.29, 0.717) is 18.4 Å². The Hall–Kier alpha value is -3.41. The molecule has 0 saturated heterocycles. The van der Waals surface area contributed by atoms with Gasteiger partial charge in [-0.05, 0) is 60.2 Å². The Morgan fingerprint density at radius 1 is 0.969 bits per heavy atom. The highest BCUT2D eigenvalue weighted by molar-refractivity contribution is 5.95. The van der Waals surface area contributed by atoms with E-state index >= 15 is 0 Å². The van der Waals surface area contributed by atoms with E-state index in [1.807, 2.05) is 49.4 Å². The molecule has 0 atom stereocenters. The first kappa shape index (κ1) is 20.5. The van der Waals surface area contributed by atoms with Crippen LogP contribution in [0.25, 0.3) is 11.1 Å². The van der Waals surface area contributed by atoms with Crippen LogP contribution in [0.3, 0.4) is 0 Å². The van der Waals surface area contributed by atoms with Crippen molar-refractivity contribution >= 4 is 5.78 Å². The summed E-state index contributed by atoms with van der Waals surface area (Å²) in [4.78, 5) is 13.3. The van der Waals surface area contributed by atoms with Crippen LogP contribution in [0.15, 0.2) is 60.7 Å². The van der Waals surface area contributed by atoms with Crippen molar-refractivity contribution in [2.45, 2.75) is 37.9 Å². The molecule has 1 fully saturated rings. The van der Waals surface area contributed by atoms with E-state index in [1.165, 1.54) is 12.1 Å². The molecule has 6 heteroatoms. The number of Topliss-reactive ketones (excluding diaryl/α,β-unsaturated/α-hetero) is 1. The van der Waals surface area contributed by atoms with E-state index in [1.54, 1.807) is 13.2 Å².